The molecule has 0 aromatic heterocycles. The smallest absolute Gasteiger partial charge is 0.220 e. The predicted octanol–water partition coefficient (Wildman–Crippen LogP) is 2.13. The molecule has 0 bridgehead atoms. The van der Waals surface area contributed by atoms with Gasteiger partial charge in [-0.05, 0) is 25.7 Å². The van der Waals surface area contributed by atoms with Gasteiger partial charge in [-0.1, -0.05) is 19.3 Å². The van der Waals surface area contributed by atoms with E-state index < -0.39 is 0 Å². The largest absolute Gasteiger partial charge is 0.353 e. The molecule has 1 atom stereocenters. The van der Waals surface area contributed by atoms with Crippen molar-refractivity contribution in [3.05, 3.63) is 0 Å². The van der Waals surface area contributed by atoms with Crippen LogP contribution in [0.5, 0.6) is 0 Å². The second-order valence-corrected chi connectivity index (χ2v) is 4.96. The fourth-order valence-electron chi connectivity index (χ4n) is 1.79. The first-order chi connectivity index (χ1) is 6.33. The Balaban J connectivity index is 2.11. The van der Waals surface area contributed by atoms with Gasteiger partial charge in [-0.25, -0.2) is 0 Å². The van der Waals surface area contributed by atoms with E-state index in [1.807, 2.05) is 0 Å². The molecule has 0 heterocycles. The molecule has 2 nitrogen and oxygen atoms in total. The Hall–Kier alpha value is -0.100. The van der Waals surface area contributed by atoms with Gasteiger partial charge in [-0.3, -0.25) is 4.79 Å². The minimum atomic E-state index is 0.265. The van der Waals surface area contributed by atoms with E-state index >= 15 is 0 Å². The molecule has 1 saturated carbocycles. The molecule has 1 unspecified atom stereocenters. The molecule has 3 heteroatoms. The number of nitrogens with one attached hydrogen (secondary N) is 1. The zero-order valence-electron chi connectivity index (χ0n) is 8.44. The Morgan fingerprint density at radius 1 is 1.38 bits per heavy atom. The van der Waals surface area contributed by atoms with Gasteiger partial charge in [0, 0.05) is 12.5 Å². The Bertz CT molecular complexity index is 155. The normalized spacial score (nSPS) is 19.5. The quantitative estimate of drug-likeness (QED) is 0.694. The van der Waals surface area contributed by atoms with Crippen molar-refractivity contribution < 1.29 is 4.79 Å². The summed E-state index contributed by atoms with van der Waals surface area (Å²) in [6, 6.07) is 0.487. The summed E-state index contributed by atoms with van der Waals surface area (Å²) in [7, 11) is 0.902. The van der Waals surface area contributed by atoms with E-state index in [4.69, 9.17) is 0 Å². The monoisotopic (exact) mass is 201 g/mol. The number of hydrogen-bond donors (Lipinski definition) is 1. The summed E-state index contributed by atoms with van der Waals surface area (Å²) in [5.74, 6) is 0.265. The van der Waals surface area contributed by atoms with Gasteiger partial charge in [0.2, 0.25) is 5.91 Å². The first-order valence-corrected chi connectivity index (χ1v) is 6.97. The highest BCUT2D eigenvalue weighted by molar-refractivity contribution is 7.37. The Morgan fingerprint density at radius 3 is 2.69 bits per heavy atom. The SMILES string of the molecule is CPCCC(=O)NC1CCCCC1. The average molecular weight is 201 g/mol. The van der Waals surface area contributed by atoms with Crippen molar-refractivity contribution in [1.29, 1.82) is 0 Å². The highest BCUT2D eigenvalue weighted by Crippen LogP contribution is 2.17. The van der Waals surface area contributed by atoms with Crippen LogP contribution in [0.3, 0.4) is 0 Å². The van der Waals surface area contributed by atoms with Crippen LogP contribution < -0.4 is 5.32 Å². The van der Waals surface area contributed by atoms with E-state index in [0.717, 1.165) is 21.2 Å². The molecule has 0 spiro atoms. The summed E-state index contributed by atoms with van der Waals surface area (Å²) in [6.07, 6.45) is 8.11. The fourth-order valence-corrected chi connectivity index (χ4v) is 2.26. The van der Waals surface area contributed by atoms with E-state index in [-0.39, 0.29) is 5.91 Å². The Morgan fingerprint density at radius 2 is 2.08 bits per heavy atom. The first kappa shape index (κ1) is 11.0. The van der Waals surface area contributed by atoms with Gasteiger partial charge >= 0.3 is 0 Å². The van der Waals surface area contributed by atoms with Crippen LogP contribution >= 0.6 is 8.58 Å². The number of hydrogen-bond acceptors (Lipinski definition) is 1. The molecule has 1 N–H and O–H groups in total. The van der Waals surface area contributed by atoms with Gasteiger partial charge in [0.1, 0.15) is 0 Å². The average Bonchev–Trinajstić information content (AvgIpc) is 2.16. The van der Waals surface area contributed by atoms with Crippen LogP contribution in [0.1, 0.15) is 38.5 Å². The Kier molecular flexibility index (Phi) is 5.38. The van der Waals surface area contributed by atoms with Crippen molar-refractivity contribution in [2.24, 2.45) is 0 Å². The molecule has 1 rings (SSSR count). The van der Waals surface area contributed by atoms with Crippen molar-refractivity contribution in [3.63, 3.8) is 0 Å². The summed E-state index contributed by atoms with van der Waals surface area (Å²) in [5.41, 5.74) is 0. The van der Waals surface area contributed by atoms with E-state index in [2.05, 4.69) is 12.0 Å². The minimum absolute atomic E-state index is 0.265. The van der Waals surface area contributed by atoms with E-state index in [9.17, 15) is 4.79 Å². The molecule has 13 heavy (non-hydrogen) atoms. The van der Waals surface area contributed by atoms with E-state index in [1.165, 1.54) is 32.1 Å². The van der Waals surface area contributed by atoms with Crippen LogP contribution in [0.25, 0.3) is 0 Å². The van der Waals surface area contributed by atoms with Gasteiger partial charge in [-0.2, -0.15) is 0 Å². The van der Waals surface area contributed by atoms with Crippen molar-refractivity contribution in [2.45, 2.75) is 44.6 Å². The van der Waals surface area contributed by atoms with Crippen LogP contribution in [0.15, 0.2) is 0 Å². The third-order valence-electron chi connectivity index (χ3n) is 2.57. The fraction of sp³-hybridized carbons (Fsp3) is 0.900. The van der Waals surface area contributed by atoms with Crippen molar-refractivity contribution in [2.75, 3.05) is 12.8 Å². The molecule has 0 radical (unpaired) electrons. The zero-order valence-corrected chi connectivity index (χ0v) is 9.44. The second-order valence-electron chi connectivity index (χ2n) is 3.76. The maximum absolute atomic E-state index is 11.4. The lowest BCUT2D eigenvalue weighted by molar-refractivity contribution is -0.121. The van der Waals surface area contributed by atoms with Gasteiger partial charge in [-0.15, -0.1) is 8.58 Å². The van der Waals surface area contributed by atoms with Crippen molar-refractivity contribution in [3.8, 4) is 0 Å². The molecular formula is C10H20NOP. The summed E-state index contributed by atoms with van der Waals surface area (Å²) in [4.78, 5) is 11.4. The van der Waals surface area contributed by atoms with E-state index in [1.54, 1.807) is 0 Å². The standard InChI is InChI=1S/C10H20NOP/c1-13-8-7-10(12)11-9-5-3-2-4-6-9/h9,13H,2-8H2,1H3,(H,11,12). The second kappa shape index (κ2) is 6.37. The number of rotatable bonds is 4. The molecule has 76 valence electrons. The van der Waals surface area contributed by atoms with Gasteiger partial charge in [0.05, 0.1) is 0 Å². The van der Waals surface area contributed by atoms with Crippen LogP contribution in [0.2, 0.25) is 0 Å². The Labute approximate surface area is 82.6 Å². The molecule has 0 aliphatic heterocycles. The molecule has 0 aromatic carbocycles. The highest BCUT2D eigenvalue weighted by atomic mass is 31.1. The number of carbonyl (C=O) groups excluding carboxylic acids is 1. The summed E-state index contributed by atoms with van der Waals surface area (Å²) >= 11 is 0. The number of amides is 1. The van der Waals surface area contributed by atoms with Crippen LogP contribution in [0.4, 0.5) is 0 Å². The lowest BCUT2D eigenvalue weighted by Crippen LogP contribution is -2.36. The molecule has 1 aliphatic carbocycles. The van der Waals surface area contributed by atoms with Crippen LogP contribution in [0, 0.1) is 0 Å². The summed E-state index contributed by atoms with van der Waals surface area (Å²) in [6.45, 7) is 2.15. The third kappa shape index (κ3) is 4.61. The highest BCUT2D eigenvalue weighted by Gasteiger charge is 2.14. The summed E-state index contributed by atoms with van der Waals surface area (Å²) in [5, 5.41) is 3.12. The minimum Gasteiger partial charge on any atom is -0.353 e. The van der Waals surface area contributed by atoms with E-state index in [0.29, 0.717) is 6.04 Å². The maximum atomic E-state index is 11.4. The number of carbonyl (C=O) groups is 1. The van der Waals surface area contributed by atoms with Gasteiger partial charge in [0.25, 0.3) is 0 Å². The summed E-state index contributed by atoms with van der Waals surface area (Å²) < 4.78 is 0. The molecule has 1 amide bonds. The van der Waals surface area contributed by atoms with Gasteiger partial charge in [0.15, 0.2) is 0 Å². The maximum Gasteiger partial charge on any atom is 0.220 e. The molecular weight excluding hydrogens is 181 g/mol. The lowest BCUT2D eigenvalue weighted by atomic mass is 9.95. The van der Waals surface area contributed by atoms with Gasteiger partial charge < -0.3 is 5.32 Å². The lowest BCUT2D eigenvalue weighted by Gasteiger charge is -2.22. The third-order valence-corrected chi connectivity index (χ3v) is 3.32. The molecule has 1 aliphatic rings. The first-order valence-electron chi connectivity index (χ1n) is 5.27. The molecule has 0 aromatic rings. The predicted molar refractivity (Wildman–Crippen MR) is 58.7 cm³/mol. The topological polar surface area (TPSA) is 29.1 Å². The zero-order chi connectivity index (χ0) is 9.52. The van der Waals surface area contributed by atoms with Crippen molar-refractivity contribution >= 4 is 14.5 Å². The van der Waals surface area contributed by atoms with Crippen molar-refractivity contribution in [1.82, 2.24) is 5.32 Å². The molecule has 0 saturated heterocycles. The van der Waals surface area contributed by atoms with Crippen LogP contribution in [-0.2, 0) is 4.79 Å². The van der Waals surface area contributed by atoms with Crippen LogP contribution in [-0.4, -0.2) is 24.8 Å². The molecule has 1 fully saturated rings.